The second-order valence-electron chi connectivity index (χ2n) is 5.48. The molecule has 1 heterocycles. The first-order valence-electron chi connectivity index (χ1n) is 7.01. The summed E-state index contributed by atoms with van der Waals surface area (Å²) in [5.74, 6) is 1.53. The minimum atomic E-state index is 0.0796. The van der Waals surface area contributed by atoms with Gasteiger partial charge in [-0.1, -0.05) is 18.1 Å². The van der Waals surface area contributed by atoms with Gasteiger partial charge in [0.2, 0.25) is 0 Å². The van der Waals surface area contributed by atoms with Gasteiger partial charge in [-0.05, 0) is 49.5 Å². The van der Waals surface area contributed by atoms with E-state index in [0.717, 1.165) is 31.1 Å². The summed E-state index contributed by atoms with van der Waals surface area (Å²) in [5.41, 5.74) is 7.49. The third-order valence-electron chi connectivity index (χ3n) is 3.93. The number of hydrogen-bond donors (Lipinski definition) is 2. The molecule has 0 bridgehead atoms. The van der Waals surface area contributed by atoms with E-state index in [1.807, 2.05) is 18.2 Å². The predicted octanol–water partition coefficient (Wildman–Crippen LogP) is 2.02. The number of likely N-dealkylation sites (tertiary alicyclic amines) is 1. The maximum absolute atomic E-state index is 8.85. The van der Waals surface area contributed by atoms with Gasteiger partial charge in [0.15, 0.2) is 5.84 Å². The van der Waals surface area contributed by atoms with Gasteiger partial charge in [-0.3, -0.25) is 4.90 Å². The topological polar surface area (TPSA) is 71.1 Å². The van der Waals surface area contributed by atoms with E-state index in [9.17, 15) is 0 Å². The molecule has 0 aliphatic carbocycles. The predicted molar refractivity (Wildman–Crippen MR) is 79.2 cm³/mol. The molecule has 1 aromatic rings. The second-order valence-corrected chi connectivity index (χ2v) is 5.48. The Morgan fingerprint density at radius 2 is 2.15 bits per heavy atom. The summed E-state index contributed by atoms with van der Waals surface area (Å²) in [6.07, 6.45) is 2.51. The summed E-state index contributed by atoms with van der Waals surface area (Å²) in [5, 5.41) is 11.9. The number of amidine groups is 1. The van der Waals surface area contributed by atoms with E-state index in [4.69, 9.17) is 15.7 Å². The Kier molecular flexibility index (Phi) is 4.84. The zero-order chi connectivity index (χ0) is 14.5. The molecule has 0 radical (unpaired) electrons. The van der Waals surface area contributed by atoms with Crippen LogP contribution in [0.4, 0.5) is 0 Å². The van der Waals surface area contributed by atoms with Crippen molar-refractivity contribution in [2.45, 2.75) is 26.3 Å². The van der Waals surface area contributed by atoms with Crippen molar-refractivity contribution in [3.8, 4) is 5.75 Å². The fourth-order valence-corrected chi connectivity index (χ4v) is 2.59. The average Bonchev–Trinajstić information content (AvgIpc) is 2.48. The van der Waals surface area contributed by atoms with Crippen LogP contribution in [0, 0.1) is 5.92 Å². The molecule has 1 aliphatic rings. The maximum atomic E-state index is 8.85. The number of oxime groups is 1. The van der Waals surface area contributed by atoms with Gasteiger partial charge in [-0.15, -0.1) is 0 Å². The summed E-state index contributed by atoms with van der Waals surface area (Å²) in [4.78, 5) is 2.44. The normalized spacial score (nSPS) is 18.2. The van der Waals surface area contributed by atoms with Crippen molar-refractivity contribution in [2.24, 2.45) is 16.8 Å². The standard InChI is InChI=1S/C15H23N3O2/c1-11-5-7-18(8-6-11)10-12-3-4-14(20-2)13(9-12)15(16)17-19/h3-4,9,11,19H,5-8,10H2,1-2H3,(H2,16,17). The Labute approximate surface area is 120 Å². The van der Waals surface area contributed by atoms with E-state index in [1.165, 1.54) is 12.8 Å². The SMILES string of the molecule is COc1ccc(CN2CCC(C)CC2)cc1C(N)=NO. The lowest BCUT2D eigenvalue weighted by Crippen LogP contribution is -2.32. The Hall–Kier alpha value is -1.75. The van der Waals surface area contributed by atoms with Crippen LogP contribution in [0.1, 0.15) is 30.9 Å². The van der Waals surface area contributed by atoms with Gasteiger partial charge in [0.05, 0.1) is 12.7 Å². The summed E-state index contributed by atoms with van der Waals surface area (Å²) < 4.78 is 5.24. The summed E-state index contributed by atoms with van der Waals surface area (Å²) in [6, 6.07) is 5.84. The molecule has 110 valence electrons. The van der Waals surface area contributed by atoms with Gasteiger partial charge in [-0.2, -0.15) is 0 Å². The van der Waals surface area contributed by atoms with Gasteiger partial charge < -0.3 is 15.7 Å². The molecular formula is C15H23N3O2. The molecule has 2 rings (SSSR count). The number of rotatable bonds is 4. The van der Waals surface area contributed by atoms with E-state index in [0.29, 0.717) is 11.3 Å². The Morgan fingerprint density at radius 3 is 2.75 bits per heavy atom. The minimum Gasteiger partial charge on any atom is -0.496 e. The molecule has 1 aliphatic heterocycles. The van der Waals surface area contributed by atoms with Crippen LogP contribution >= 0.6 is 0 Å². The van der Waals surface area contributed by atoms with E-state index in [1.54, 1.807) is 7.11 Å². The van der Waals surface area contributed by atoms with Crippen LogP contribution in [-0.4, -0.2) is 36.1 Å². The molecule has 0 atom stereocenters. The lowest BCUT2D eigenvalue weighted by molar-refractivity contribution is 0.185. The quantitative estimate of drug-likeness (QED) is 0.382. The Balaban J connectivity index is 2.12. The fourth-order valence-electron chi connectivity index (χ4n) is 2.59. The van der Waals surface area contributed by atoms with Crippen LogP contribution in [0.25, 0.3) is 0 Å². The lowest BCUT2D eigenvalue weighted by Gasteiger charge is -2.30. The lowest BCUT2D eigenvalue weighted by atomic mass is 9.98. The molecule has 0 spiro atoms. The molecule has 5 heteroatoms. The molecule has 0 unspecified atom stereocenters. The Bertz CT molecular complexity index is 480. The van der Waals surface area contributed by atoms with Crippen LogP contribution in [0.15, 0.2) is 23.4 Å². The highest BCUT2D eigenvalue weighted by molar-refractivity contribution is 5.99. The average molecular weight is 277 g/mol. The zero-order valence-electron chi connectivity index (χ0n) is 12.2. The largest absolute Gasteiger partial charge is 0.496 e. The van der Waals surface area contributed by atoms with Crippen LogP contribution in [0.3, 0.4) is 0 Å². The fraction of sp³-hybridized carbons (Fsp3) is 0.533. The van der Waals surface area contributed by atoms with Gasteiger partial charge in [0, 0.05) is 6.54 Å². The molecule has 5 nitrogen and oxygen atoms in total. The molecule has 1 fully saturated rings. The Morgan fingerprint density at radius 1 is 1.45 bits per heavy atom. The molecule has 1 aromatic carbocycles. The van der Waals surface area contributed by atoms with Crippen molar-refractivity contribution in [1.82, 2.24) is 4.90 Å². The molecule has 0 saturated carbocycles. The van der Waals surface area contributed by atoms with Crippen molar-refractivity contribution in [3.05, 3.63) is 29.3 Å². The first-order chi connectivity index (χ1) is 9.63. The van der Waals surface area contributed by atoms with E-state index >= 15 is 0 Å². The second kappa shape index (κ2) is 6.61. The highest BCUT2D eigenvalue weighted by Crippen LogP contribution is 2.22. The van der Waals surface area contributed by atoms with Crippen molar-refractivity contribution < 1.29 is 9.94 Å². The highest BCUT2D eigenvalue weighted by atomic mass is 16.5. The van der Waals surface area contributed by atoms with Crippen LogP contribution in [0.5, 0.6) is 5.75 Å². The summed E-state index contributed by atoms with van der Waals surface area (Å²) in [7, 11) is 1.58. The number of methoxy groups -OCH3 is 1. The molecule has 0 amide bonds. The third kappa shape index (κ3) is 3.42. The van der Waals surface area contributed by atoms with E-state index < -0.39 is 0 Å². The molecule has 1 saturated heterocycles. The van der Waals surface area contributed by atoms with Crippen molar-refractivity contribution in [3.63, 3.8) is 0 Å². The van der Waals surface area contributed by atoms with Crippen molar-refractivity contribution in [2.75, 3.05) is 20.2 Å². The van der Waals surface area contributed by atoms with Crippen molar-refractivity contribution in [1.29, 1.82) is 0 Å². The van der Waals surface area contributed by atoms with Gasteiger partial charge in [-0.25, -0.2) is 0 Å². The summed E-state index contributed by atoms with van der Waals surface area (Å²) >= 11 is 0. The number of benzene rings is 1. The van der Waals surface area contributed by atoms with Gasteiger partial charge in [0.1, 0.15) is 5.75 Å². The number of hydrogen-bond acceptors (Lipinski definition) is 4. The van der Waals surface area contributed by atoms with E-state index in [2.05, 4.69) is 17.0 Å². The molecule has 0 aromatic heterocycles. The number of nitrogens with zero attached hydrogens (tertiary/aromatic N) is 2. The van der Waals surface area contributed by atoms with Crippen molar-refractivity contribution >= 4 is 5.84 Å². The molecular weight excluding hydrogens is 254 g/mol. The van der Waals surface area contributed by atoms with Crippen LogP contribution in [0.2, 0.25) is 0 Å². The first kappa shape index (κ1) is 14.7. The van der Waals surface area contributed by atoms with Crippen LogP contribution < -0.4 is 10.5 Å². The number of nitrogens with two attached hydrogens (primary N) is 1. The monoisotopic (exact) mass is 277 g/mol. The van der Waals surface area contributed by atoms with Gasteiger partial charge >= 0.3 is 0 Å². The molecule has 20 heavy (non-hydrogen) atoms. The summed E-state index contributed by atoms with van der Waals surface area (Å²) in [6.45, 7) is 5.46. The minimum absolute atomic E-state index is 0.0796. The third-order valence-corrected chi connectivity index (χ3v) is 3.93. The zero-order valence-corrected chi connectivity index (χ0v) is 12.2. The maximum Gasteiger partial charge on any atom is 0.173 e. The van der Waals surface area contributed by atoms with E-state index in [-0.39, 0.29) is 5.84 Å². The van der Waals surface area contributed by atoms with Crippen LogP contribution in [-0.2, 0) is 6.54 Å². The highest BCUT2D eigenvalue weighted by Gasteiger charge is 2.16. The first-order valence-corrected chi connectivity index (χ1v) is 7.01. The number of ether oxygens (including phenoxy) is 1. The smallest absolute Gasteiger partial charge is 0.173 e. The number of piperidine rings is 1. The molecule has 3 N–H and O–H groups in total. The van der Waals surface area contributed by atoms with Gasteiger partial charge in [0.25, 0.3) is 0 Å².